The summed E-state index contributed by atoms with van der Waals surface area (Å²) in [5.74, 6) is 0. The number of benzene rings is 1. The van der Waals surface area contributed by atoms with Gasteiger partial charge < -0.3 is 17.8 Å². The summed E-state index contributed by atoms with van der Waals surface area (Å²) < 4.78 is 0. The fraction of sp³-hybridized carbons (Fsp3) is 0.308. The van der Waals surface area contributed by atoms with Crippen LogP contribution in [0.2, 0.25) is 0 Å². The van der Waals surface area contributed by atoms with E-state index in [1.807, 2.05) is 64.1 Å². The Balaban J connectivity index is -0.0000000601. The van der Waals surface area contributed by atoms with Crippen molar-refractivity contribution in [2.24, 2.45) is 4.99 Å². The van der Waals surface area contributed by atoms with Crippen LogP contribution in [0.15, 0.2) is 47.6 Å². The monoisotopic (exact) mass is 280 g/mol. The molecule has 0 bridgehead atoms. The molecule has 1 aromatic carbocycles. The van der Waals surface area contributed by atoms with Gasteiger partial charge in [-0.25, -0.2) is 0 Å². The van der Waals surface area contributed by atoms with Crippen molar-refractivity contribution in [3.05, 3.63) is 49.2 Å². The average molecular weight is 280 g/mol. The average Bonchev–Trinajstić information content (AvgIpc) is 2.36. The Morgan fingerprint density at radius 3 is 1.00 bits per heavy atom. The summed E-state index contributed by atoms with van der Waals surface area (Å²) in [6.07, 6.45) is 1.03. The molecule has 0 heterocycles. The molecule has 1 nitrogen and oxygen atoms in total. The molecule has 15 heavy (non-hydrogen) atoms. The van der Waals surface area contributed by atoms with Crippen molar-refractivity contribution in [1.82, 2.24) is 0 Å². The van der Waals surface area contributed by atoms with Crippen LogP contribution >= 0.6 is 0 Å². The number of rotatable bonds is 1. The molecule has 0 atom stereocenters. The van der Waals surface area contributed by atoms with Gasteiger partial charge in [-0.2, -0.15) is 6.72 Å². The minimum absolute atomic E-state index is 0. The van der Waals surface area contributed by atoms with Crippen LogP contribution in [0.3, 0.4) is 0 Å². The second-order valence-corrected chi connectivity index (χ2v) is 1.45. The quantitative estimate of drug-likeness (QED) is 0.538. The minimum atomic E-state index is 0. The van der Waals surface area contributed by atoms with Crippen LogP contribution < -0.4 is 0 Å². The summed E-state index contributed by atoms with van der Waals surface area (Å²) in [6, 6.07) is 12.0. The van der Waals surface area contributed by atoms with Gasteiger partial charge in [0.1, 0.15) is 0 Å². The molecule has 1 radical (unpaired) electrons. The Kier molecular flexibility index (Phi) is 59.9. The summed E-state index contributed by atoms with van der Waals surface area (Å²) in [5, 5.41) is 0. The summed E-state index contributed by atoms with van der Waals surface area (Å²) >= 11 is 0. The molecule has 83 valence electrons. The molecule has 0 aliphatic heterocycles. The SMILES string of the molecule is CC.CC.[CH-]=CN=[CH-].[Y].c1ccccc1. The second kappa shape index (κ2) is 37.2. The van der Waals surface area contributed by atoms with E-state index < -0.39 is 0 Å². The third-order valence-electron chi connectivity index (χ3n) is 0.753. The van der Waals surface area contributed by atoms with Crippen molar-refractivity contribution in [3.8, 4) is 0 Å². The molecular weight excluding hydrogens is 259 g/mol. The van der Waals surface area contributed by atoms with E-state index in [4.69, 9.17) is 0 Å². The maximum Gasteiger partial charge on any atom is 0 e. The van der Waals surface area contributed by atoms with E-state index in [0.717, 1.165) is 6.20 Å². The van der Waals surface area contributed by atoms with Gasteiger partial charge in [0, 0.05) is 32.7 Å². The van der Waals surface area contributed by atoms with E-state index >= 15 is 0 Å². The normalized spacial score (nSPS) is 5.33. The summed E-state index contributed by atoms with van der Waals surface area (Å²) in [7, 11) is 0. The molecule has 0 N–H and O–H groups in total. The molecule has 0 unspecified atom stereocenters. The van der Waals surface area contributed by atoms with Crippen LogP contribution in [-0.2, 0) is 32.7 Å². The second-order valence-electron chi connectivity index (χ2n) is 1.45. The van der Waals surface area contributed by atoms with Crippen molar-refractivity contribution in [1.29, 1.82) is 0 Å². The number of hydrogen-bond acceptors (Lipinski definition) is 1. The Labute approximate surface area is 121 Å². The van der Waals surface area contributed by atoms with Gasteiger partial charge in [0.2, 0.25) is 0 Å². The first-order valence-corrected chi connectivity index (χ1v) is 4.85. The zero-order valence-electron chi connectivity index (χ0n) is 10.2. The van der Waals surface area contributed by atoms with Gasteiger partial charge in [-0.1, -0.05) is 64.1 Å². The number of aliphatic imine (C=N–C) groups is 1. The first-order valence-electron chi connectivity index (χ1n) is 4.85. The van der Waals surface area contributed by atoms with Crippen molar-refractivity contribution in [2.45, 2.75) is 27.7 Å². The van der Waals surface area contributed by atoms with Gasteiger partial charge in [-0.05, 0) is 0 Å². The molecule has 1 rings (SSSR count). The maximum absolute atomic E-state index is 4.61. The van der Waals surface area contributed by atoms with E-state index in [2.05, 4.69) is 18.3 Å². The first-order chi connectivity index (χ1) is 6.91. The fourth-order valence-corrected chi connectivity index (χ4v) is 0.385. The Bertz CT molecular complexity index is 140. The van der Waals surface area contributed by atoms with E-state index in [1.54, 1.807) is 0 Å². The van der Waals surface area contributed by atoms with Gasteiger partial charge in [0.05, 0.1) is 0 Å². The van der Waals surface area contributed by atoms with Crippen LogP contribution in [-0.4, -0.2) is 6.72 Å². The molecule has 0 aliphatic rings. The number of nitrogens with zero attached hydrogens (tertiary/aromatic N) is 1. The Hall–Kier alpha value is -0.266. The van der Waals surface area contributed by atoms with E-state index in [1.165, 1.54) is 0 Å². The third kappa shape index (κ3) is 41.7. The predicted octanol–water partition coefficient (Wildman–Crippen LogP) is 4.25. The summed E-state index contributed by atoms with van der Waals surface area (Å²) in [6.45, 7) is 17.1. The largest absolute Gasteiger partial charge is 0.601 e. The fourth-order valence-electron chi connectivity index (χ4n) is 0.385. The summed E-state index contributed by atoms with van der Waals surface area (Å²) in [5.41, 5.74) is 0. The molecule has 1 aromatic rings. The maximum atomic E-state index is 4.61. The molecular formula is C13H21NY-2. The van der Waals surface area contributed by atoms with Gasteiger partial charge in [0.15, 0.2) is 0 Å². The Morgan fingerprint density at radius 1 is 0.800 bits per heavy atom. The van der Waals surface area contributed by atoms with Crippen LogP contribution in [0.4, 0.5) is 0 Å². The third-order valence-corrected chi connectivity index (χ3v) is 0.753. The molecule has 0 spiro atoms. The molecule has 0 amide bonds. The Morgan fingerprint density at radius 2 is 0.933 bits per heavy atom. The van der Waals surface area contributed by atoms with Crippen molar-refractivity contribution in [3.63, 3.8) is 0 Å². The van der Waals surface area contributed by atoms with Crippen molar-refractivity contribution >= 4 is 6.72 Å². The zero-order valence-corrected chi connectivity index (χ0v) is 13.1. The van der Waals surface area contributed by atoms with E-state index in [0.29, 0.717) is 0 Å². The molecule has 2 heteroatoms. The van der Waals surface area contributed by atoms with Crippen molar-refractivity contribution < 1.29 is 32.7 Å². The van der Waals surface area contributed by atoms with Gasteiger partial charge in [0.25, 0.3) is 0 Å². The number of hydrogen-bond donors (Lipinski definition) is 0. The molecule has 0 aliphatic carbocycles. The molecule has 0 fully saturated rings. The van der Waals surface area contributed by atoms with Crippen LogP contribution in [0.1, 0.15) is 27.7 Å². The van der Waals surface area contributed by atoms with Gasteiger partial charge >= 0.3 is 0 Å². The summed E-state index contributed by atoms with van der Waals surface area (Å²) in [4.78, 5) is 2.89. The van der Waals surface area contributed by atoms with Crippen LogP contribution in [0.5, 0.6) is 0 Å². The van der Waals surface area contributed by atoms with Crippen LogP contribution in [0, 0.1) is 6.58 Å². The van der Waals surface area contributed by atoms with E-state index in [9.17, 15) is 0 Å². The topological polar surface area (TPSA) is 12.4 Å². The van der Waals surface area contributed by atoms with E-state index in [-0.39, 0.29) is 32.7 Å². The standard InChI is InChI=1S/C6H6.C3H3N.2C2H6.Y/c1-2-4-6-5-3-1;1-3-4-2;2*1-2;/h1-6H;1-3H;2*1-2H3;/q;-2;;;. The van der Waals surface area contributed by atoms with Gasteiger partial charge in [-0.15, -0.1) is 0 Å². The molecule has 0 saturated heterocycles. The zero-order chi connectivity index (χ0) is 11.7. The van der Waals surface area contributed by atoms with Gasteiger partial charge in [-0.3, -0.25) is 0 Å². The predicted molar refractivity (Wildman–Crippen MR) is 66.5 cm³/mol. The van der Waals surface area contributed by atoms with Crippen LogP contribution in [0.25, 0.3) is 0 Å². The first kappa shape index (κ1) is 24.1. The smallest absolute Gasteiger partial charge is 0 e. The molecule has 0 saturated carbocycles. The molecule has 0 aromatic heterocycles. The van der Waals surface area contributed by atoms with Crippen molar-refractivity contribution in [2.75, 3.05) is 0 Å². The minimum Gasteiger partial charge on any atom is -0.601 e.